The van der Waals surface area contributed by atoms with Gasteiger partial charge < -0.3 is 15.3 Å². The van der Waals surface area contributed by atoms with E-state index in [1.807, 2.05) is 44.1 Å². The normalized spacial score (nSPS) is 11.8. The maximum atomic E-state index is 12.0. The lowest BCUT2D eigenvalue weighted by atomic mass is 10.0. The number of carbonyl (C=O) groups excluding carboxylic acids is 1. The zero-order valence-corrected chi connectivity index (χ0v) is 12.2. The number of aliphatic carboxylic acids is 1. The number of hydrogen-bond donors (Lipinski definition) is 2. The molecule has 5 heteroatoms. The van der Waals surface area contributed by atoms with Crippen molar-refractivity contribution in [1.29, 1.82) is 0 Å². The van der Waals surface area contributed by atoms with Gasteiger partial charge in [-0.05, 0) is 24.1 Å². The van der Waals surface area contributed by atoms with Gasteiger partial charge in [0.25, 0.3) is 5.91 Å². The molecule has 2 N–H and O–H groups in total. The first-order valence-electron chi connectivity index (χ1n) is 6.71. The third-order valence-corrected chi connectivity index (χ3v) is 3.22. The summed E-state index contributed by atoms with van der Waals surface area (Å²) in [5.74, 6) is -1.04. The van der Waals surface area contributed by atoms with E-state index in [4.69, 9.17) is 5.11 Å². The zero-order valence-electron chi connectivity index (χ0n) is 12.2. The van der Waals surface area contributed by atoms with E-state index in [-0.39, 0.29) is 18.2 Å². The van der Waals surface area contributed by atoms with Crippen LogP contribution in [-0.2, 0) is 4.79 Å². The minimum Gasteiger partial charge on any atom is -0.481 e. The number of benzene rings is 1. The topological polar surface area (TPSA) is 69.6 Å². The highest BCUT2D eigenvalue weighted by Gasteiger charge is 2.13. The molecule has 0 aromatic heterocycles. The minimum absolute atomic E-state index is 0.0338. The molecule has 0 fully saturated rings. The Labute approximate surface area is 119 Å². The molecule has 0 radical (unpaired) electrons. The quantitative estimate of drug-likeness (QED) is 0.800. The summed E-state index contributed by atoms with van der Waals surface area (Å²) in [6.07, 6.45) is 0.804. The van der Waals surface area contributed by atoms with Crippen molar-refractivity contribution >= 4 is 17.6 Å². The summed E-state index contributed by atoms with van der Waals surface area (Å²) < 4.78 is 0. The van der Waals surface area contributed by atoms with Crippen LogP contribution in [0.15, 0.2) is 24.3 Å². The highest BCUT2D eigenvalue weighted by Crippen LogP contribution is 2.13. The maximum Gasteiger partial charge on any atom is 0.303 e. The molecule has 20 heavy (non-hydrogen) atoms. The number of nitrogens with zero attached hydrogens (tertiary/aromatic N) is 1. The number of amides is 1. The average Bonchev–Trinajstić information content (AvgIpc) is 2.42. The van der Waals surface area contributed by atoms with E-state index in [0.717, 1.165) is 12.1 Å². The molecule has 110 valence electrons. The van der Waals surface area contributed by atoms with Crippen LogP contribution in [0, 0.1) is 5.92 Å². The molecule has 1 aromatic carbocycles. The average molecular weight is 278 g/mol. The molecule has 0 bridgehead atoms. The van der Waals surface area contributed by atoms with E-state index in [1.165, 1.54) is 0 Å². The van der Waals surface area contributed by atoms with Crippen molar-refractivity contribution in [3.05, 3.63) is 29.8 Å². The van der Waals surface area contributed by atoms with E-state index in [2.05, 4.69) is 5.32 Å². The highest BCUT2D eigenvalue weighted by atomic mass is 16.4. The van der Waals surface area contributed by atoms with Gasteiger partial charge in [-0.1, -0.05) is 19.4 Å². The van der Waals surface area contributed by atoms with Crippen molar-refractivity contribution in [3.8, 4) is 0 Å². The van der Waals surface area contributed by atoms with E-state index >= 15 is 0 Å². The summed E-state index contributed by atoms with van der Waals surface area (Å²) in [5.41, 5.74) is 1.54. The molecule has 0 saturated heterocycles. The second kappa shape index (κ2) is 7.53. The van der Waals surface area contributed by atoms with Gasteiger partial charge in [0, 0.05) is 38.3 Å². The van der Waals surface area contributed by atoms with Crippen LogP contribution < -0.4 is 10.2 Å². The van der Waals surface area contributed by atoms with E-state index < -0.39 is 5.97 Å². The van der Waals surface area contributed by atoms with Crippen molar-refractivity contribution in [2.75, 3.05) is 25.5 Å². The third kappa shape index (κ3) is 4.91. The molecule has 1 atom stereocenters. The number of carboxylic acid groups (broad SMARTS) is 1. The summed E-state index contributed by atoms with van der Waals surface area (Å²) in [7, 11) is 3.83. The second-order valence-electron chi connectivity index (χ2n) is 5.03. The molecule has 0 heterocycles. The van der Waals surface area contributed by atoms with Crippen LogP contribution in [0.5, 0.6) is 0 Å². The number of nitrogens with one attached hydrogen (secondary N) is 1. The van der Waals surface area contributed by atoms with Gasteiger partial charge in [0.15, 0.2) is 0 Å². The smallest absolute Gasteiger partial charge is 0.303 e. The van der Waals surface area contributed by atoms with Crippen molar-refractivity contribution in [3.63, 3.8) is 0 Å². The Morgan fingerprint density at radius 3 is 2.60 bits per heavy atom. The lowest BCUT2D eigenvalue weighted by Crippen LogP contribution is -2.30. The monoisotopic (exact) mass is 278 g/mol. The largest absolute Gasteiger partial charge is 0.481 e. The molecular weight excluding hydrogens is 256 g/mol. The van der Waals surface area contributed by atoms with Crippen LogP contribution in [0.3, 0.4) is 0 Å². The standard InChI is InChI=1S/C15H22N2O3/c1-4-11(8-14(18)19)10-16-15(20)12-6-5-7-13(9-12)17(2)3/h5-7,9,11H,4,8,10H2,1-3H3,(H,16,20)(H,18,19). The lowest BCUT2D eigenvalue weighted by Gasteiger charge is -2.15. The summed E-state index contributed by atoms with van der Waals surface area (Å²) >= 11 is 0. The number of carbonyl (C=O) groups is 2. The maximum absolute atomic E-state index is 12.0. The van der Waals surface area contributed by atoms with E-state index in [0.29, 0.717) is 12.1 Å². The summed E-state index contributed by atoms with van der Waals surface area (Å²) in [6, 6.07) is 7.32. The van der Waals surface area contributed by atoms with Gasteiger partial charge in [-0.25, -0.2) is 0 Å². The fraction of sp³-hybridized carbons (Fsp3) is 0.467. The molecule has 1 rings (SSSR count). The van der Waals surface area contributed by atoms with Crippen molar-refractivity contribution < 1.29 is 14.7 Å². The summed E-state index contributed by atoms with van der Waals surface area (Å²) in [5, 5.41) is 11.6. The number of hydrogen-bond acceptors (Lipinski definition) is 3. The van der Waals surface area contributed by atoms with Crippen LogP contribution in [0.25, 0.3) is 0 Å². The Hall–Kier alpha value is -2.04. The van der Waals surface area contributed by atoms with Gasteiger partial charge in [-0.3, -0.25) is 9.59 Å². The summed E-state index contributed by atoms with van der Waals surface area (Å²) in [4.78, 5) is 24.7. The molecule has 1 aromatic rings. The first-order chi connectivity index (χ1) is 9.43. The first-order valence-corrected chi connectivity index (χ1v) is 6.71. The fourth-order valence-electron chi connectivity index (χ4n) is 1.87. The zero-order chi connectivity index (χ0) is 15.1. The molecular formula is C15H22N2O3. The van der Waals surface area contributed by atoms with Gasteiger partial charge in [0.05, 0.1) is 0 Å². The lowest BCUT2D eigenvalue weighted by molar-refractivity contribution is -0.138. The Morgan fingerprint density at radius 1 is 1.35 bits per heavy atom. The van der Waals surface area contributed by atoms with Crippen LogP contribution in [0.4, 0.5) is 5.69 Å². The van der Waals surface area contributed by atoms with Gasteiger partial charge in [-0.15, -0.1) is 0 Å². The highest BCUT2D eigenvalue weighted by molar-refractivity contribution is 5.95. The van der Waals surface area contributed by atoms with Crippen LogP contribution in [0.1, 0.15) is 30.1 Å². The Balaban J connectivity index is 2.62. The molecule has 0 saturated carbocycles. The molecule has 0 aliphatic heterocycles. The number of anilines is 1. The Bertz CT molecular complexity index is 472. The van der Waals surface area contributed by atoms with Gasteiger partial charge in [-0.2, -0.15) is 0 Å². The molecule has 0 aliphatic carbocycles. The molecule has 5 nitrogen and oxygen atoms in total. The molecule has 0 aliphatic rings. The Morgan fingerprint density at radius 2 is 2.05 bits per heavy atom. The predicted octanol–water partition coefficient (Wildman–Crippen LogP) is 1.98. The van der Waals surface area contributed by atoms with Crippen molar-refractivity contribution in [1.82, 2.24) is 5.32 Å². The molecule has 0 spiro atoms. The fourth-order valence-corrected chi connectivity index (χ4v) is 1.87. The van der Waals surface area contributed by atoms with Gasteiger partial charge >= 0.3 is 5.97 Å². The van der Waals surface area contributed by atoms with Gasteiger partial charge in [0.2, 0.25) is 0 Å². The van der Waals surface area contributed by atoms with Crippen LogP contribution in [0.2, 0.25) is 0 Å². The van der Waals surface area contributed by atoms with Crippen LogP contribution >= 0.6 is 0 Å². The van der Waals surface area contributed by atoms with Crippen LogP contribution in [-0.4, -0.2) is 37.6 Å². The minimum atomic E-state index is -0.833. The third-order valence-electron chi connectivity index (χ3n) is 3.22. The second-order valence-corrected chi connectivity index (χ2v) is 5.03. The summed E-state index contributed by atoms with van der Waals surface area (Å²) in [6.45, 7) is 2.31. The molecule has 1 unspecified atom stereocenters. The van der Waals surface area contributed by atoms with E-state index in [1.54, 1.807) is 6.07 Å². The van der Waals surface area contributed by atoms with E-state index in [9.17, 15) is 9.59 Å². The van der Waals surface area contributed by atoms with Crippen molar-refractivity contribution in [2.24, 2.45) is 5.92 Å². The van der Waals surface area contributed by atoms with Crippen molar-refractivity contribution in [2.45, 2.75) is 19.8 Å². The number of carboxylic acids is 1. The first kappa shape index (κ1) is 16.0. The Kier molecular flexibility index (Phi) is 6.03. The van der Waals surface area contributed by atoms with Gasteiger partial charge in [0.1, 0.15) is 0 Å². The molecule has 1 amide bonds. The number of rotatable bonds is 7. The predicted molar refractivity (Wildman–Crippen MR) is 79.1 cm³/mol. The SMILES string of the molecule is CCC(CNC(=O)c1cccc(N(C)C)c1)CC(=O)O.